The highest BCUT2D eigenvalue weighted by atomic mass is 14.5. The first kappa shape index (κ1) is 12.6. The number of benzene rings is 2. The average Bonchev–Trinajstić information content (AvgIpc) is 2.47. The summed E-state index contributed by atoms with van der Waals surface area (Å²) in [4.78, 5) is 0. The van der Waals surface area contributed by atoms with Crippen molar-refractivity contribution in [1.82, 2.24) is 0 Å². The van der Waals surface area contributed by atoms with Crippen LogP contribution >= 0.6 is 0 Å². The lowest BCUT2D eigenvalue weighted by molar-refractivity contribution is 1.07. The van der Waals surface area contributed by atoms with Crippen LogP contribution in [0.15, 0.2) is 48.5 Å². The van der Waals surface area contributed by atoms with Crippen molar-refractivity contribution in [1.29, 1.82) is 0 Å². The van der Waals surface area contributed by atoms with Crippen LogP contribution < -0.4 is 11.5 Å². The zero-order chi connectivity index (χ0) is 13.0. The van der Waals surface area contributed by atoms with E-state index in [1.54, 1.807) is 0 Å². The fourth-order valence-electron chi connectivity index (χ4n) is 1.81. The van der Waals surface area contributed by atoms with Crippen molar-refractivity contribution in [3.05, 3.63) is 77.4 Å². The van der Waals surface area contributed by atoms with Crippen molar-refractivity contribution in [3.8, 4) is 0 Å². The van der Waals surface area contributed by atoms with Crippen molar-refractivity contribution >= 4 is 5.57 Å². The van der Waals surface area contributed by atoms with Gasteiger partial charge in [-0.15, -0.1) is 0 Å². The van der Waals surface area contributed by atoms with Crippen LogP contribution in [0.25, 0.3) is 5.57 Å². The lowest BCUT2D eigenvalue weighted by Crippen LogP contribution is -1.97. The first-order valence-electron chi connectivity index (χ1n) is 5.96. The second-order valence-corrected chi connectivity index (χ2v) is 4.22. The Hall–Kier alpha value is -1.90. The number of nitrogens with two attached hydrogens (primary N) is 2. The molecule has 0 atom stereocenters. The third-order valence-corrected chi connectivity index (χ3v) is 3.00. The van der Waals surface area contributed by atoms with Crippen LogP contribution in [-0.4, -0.2) is 0 Å². The summed E-state index contributed by atoms with van der Waals surface area (Å²) in [6, 6.07) is 16.0. The van der Waals surface area contributed by atoms with E-state index >= 15 is 0 Å². The molecule has 0 saturated carbocycles. The van der Waals surface area contributed by atoms with E-state index in [0.717, 1.165) is 27.8 Å². The van der Waals surface area contributed by atoms with E-state index in [2.05, 4.69) is 0 Å². The maximum Gasteiger partial charge on any atom is 0.0178 e. The molecule has 0 aliphatic rings. The number of hydrogen-bond donors (Lipinski definition) is 2. The Morgan fingerprint density at radius 2 is 1.06 bits per heavy atom. The molecule has 0 saturated heterocycles. The minimum atomic E-state index is 0.547. The van der Waals surface area contributed by atoms with Crippen LogP contribution in [-0.2, 0) is 13.1 Å². The van der Waals surface area contributed by atoms with Gasteiger partial charge in [0, 0.05) is 13.1 Å². The van der Waals surface area contributed by atoms with Gasteiger partial charge in [-0.3, -0.25) is 0 Å². The topological polar surface area (TPSA) is 52.0 Å². The standard InChI is InChI=1S/C16H17N2/c1-12(15-6-2-13(10-17)3-7-15)16-8-4-14(11-18)5-9-16/h1-9H,10-11,17-18H2. The molecule has 0 fully saturated rings. The molecule has 0 spiro atoms. The molecule has 91 valence electrons. The van der Waals surface area contributed by atoms with Crippen molar-refractivity contribution in [2.24, 2.45) is 11.5 Å². The normalized spacial score (nSPS) is 10.3. The van der Waals surface area contributed by atoms with Crippen LogP contribution in [0.5, 0.6) is 0 Å². The van der Waals surface area contributed by atoms with Gasteiger partial charge in [0.1, 0.15) is 0 Å². The summed E-state index contributed by atoms with van der Waals surface area (Å²) < 4.78 is 0. The minimum Gasteiger partial charge on any atom is -0.326 e. The van der Waals surface area contributed by atoms with Crippen LogP contribution in [0.2, 0.25) is 0 Å². The first-order valence-corrected chi connectivity index (χ1v) is 5.96. The quantitative estimate of drug-likeness (QED) is 0.858. The van der Waals surface area contributed by atoms with E-state index in [9.17, 15) is 0 Å². The average molecular weight is 237 g/mol. The summed E-state index contributed by atoms with van der Waals surface area (Å²) in [5.41, 5.74) is 16.1. The van der Waals surface area contributed by atoms with Crippen molar-refractivity contribution < 1.29 is 0 Å². The molecule has 2 nitrogen and oxygen atoms in total. The zero-order valence-corrected chi connectivity index (χ0v) is 10.3. The van der Waals surface area contributed by atoms with E-state index in [1.807, 2.05) is 48.5 Å². The Morgan fingerprint density at radius 1 is 0.722 bits per heavy atom. The van der Waals surface area contributed by atoms with E-state index in [-0.39, 0.29) is 0 Å². The third-order valence-electron chi connectivity index (χ3n) is 3.00. The van der Waals surface area contributed by atoms with Crippen LogP contribution in [0.3, 0.4) is 0 Å². The number of hydrogen-bond acceptors (Lipinski definition) is 2. The Balaban J connectivity index is 2.23. The molecule has 0 heterocycles. The SMILES string of the molecule is [CH]=C(c1ccc(CN)cc1)c1ccc(CN)cc1. The second kappa shape index (κ2) is 5.63. The monoisotopic (exact) mass is 237 g/mol. The summed E-state index contributed by atoms with van der Waals surface area (Å²) >= 11 is 0. The maximum absolute atomic E-state index is 6.15. The van der Waals surface area contributed by atoms with Gasteiger partial charge in [0.15, 0.2) is 0 Å². The fourth-order valence-corrected chi connectivity index (χ4v) is 1.81. The molecule has 2 heteroatoms. The minimum absolute atomic E-state index is 0.547. The van der Waals surface area contributed by atoms with E-state index in [0.29, 0.717) is 13.1 Å². The van der Waals surface area contributed by atoms with Crippen LogP contribution in [0, 0.1) is 6.58 Å². The zero-order valence-electron chi connectivity index (χ0n) is 10.3. The van der Waals surface area contributed by atoms with Gasteiger partial charge in [-0.25, -0.2) is 0 Å². The molecule has 0 aromatic heterocycles. The van der Waals surface area contributed by atoms with Crippen LogP contribution in [0.4, 0.5) is 0 Å². The number of rotatable bonds is 4. The molecular weight excluding hydrogens is 220 g/mol. The lowest BCUT2D eigenvalue weighted by Gasteiger charge is -2.07. The smallest absolute Gasteiger partial charge is 0.0178 e. The predicted molar refractivity (Wildman–Crippen MR) is 75.5 cm³/mol. The Kier molecular flexibility index (Phi) is 3.92. The third kappa shape index (κ3) is 2.67. The second-order valence-electron chi connectivity index (χ2n) is 4.22. The molecule has 0 bridgehead atoms. The van der Waals surface area contributed by atoms with Crippen molar-refractivity contribution in [2.75, 3.05) is 0 Å². The lowest BCUT2D eigenvalue weighted by atomic mass is 9.98. The molecule has 0 unspecified atom stereocenters. The van der Waals surface area contributed by atoms with Gasteiger partial charge in [-0.2, -0.15) is 0 Å². The molecule has 18 heavy (non-hydrogen) atoms. The summed E-state index contributed by atoms with van der Waals surface area (Å²) in [6.07, 6.45) is 0. The molecule has 1 radical (unpaired) electrons. The molecular formula is C16H17N2. The Labute approximate surface area is 108 Å². The highest BCUT2D eigenvalue weighted by Crippen LogP contribution is 2.21. The highest BCUT2D eigenvalue weighted by molar-refractivity contribution is 5.77. The molecule has 2 aromatic carbocycles. The van der Waals surface area contributed by atoms with E-state index in [4.69, 9.17) is 18.0 Å². The van der Waals surface area contributed by atoms with Gasteiger partial charge in [0.2, 0.25) is 0 Å². The summed E-state index contributed by atoms with van der Waals surface area (Å²) in [7, 11) is 0. The van der Waals surface area contributed by atoms with Gasteiger partial charge in [-0.05, 0) is 27.8 Å². The molecule has 0 aliphatic heterocycles. The van der Waals surface area contributed by atoms with Crippen molar-refractivity contribution in [3.63, 3.8) is 0 Å². The van der Waals surface area contributed by atoms with Crippen molar-refractivity contribution in [2.45, 2.75) is 13.1 Å². The molecule has 2 rings (SSSR count). The fraction of sp³-hybridized carbons (Fsp3) is 0.125. The molecule has 2 aromatic rings. The van der Waals surface area contributed by atoms with Gasteiger partial charge in [0.05, 0.1) is 0 Å². The summed E-state index contributed by atoms with van der Waals surface area (Å²) in [5.74, 6) is 0. The first-order chi connectivity index (χ1) is 8.74. The Bertz CT molecular complexity index is 475. The summed E-state index contributed by atoms with van der Waals surface area (Å²) in [5, 5.41) is 0. The molecule has 0 aliphatic carbocycles. The van der Waals surface area contributed by atoms with Gasteiger partial charge < -0.3 is 11.5 Å². The van der Waals surface area contributed by atoms with Gasteiger partial charge >= 0.3 is 0 Å². The Morgan fingerprint density at radius 3 is 1.33 bits per heavy atom. The van der Waals surface area contributed by atoms with E-state index in [1.165, 1.54) is 0 Å². The molecule has 4 N–H and O–H groups in total. The molecule has 0 amide bonds. The highest BCUT2D eigenvalue weighted by Gasteiger charge is 2.02. The van der Waals surface area contributed by atoms with E-state index < -0.39 is 0 Å². The largest absolute Gasteiger partial charge is 0.326 e. The van der Waals surface area contributed by atoms with Gasteiger partial charge in [0.25, 0.3) is 0 Å². The van der Waals surface area contributed by atoms with Gasteiger partial charge in [-0.1, -0.05) is 55.1 Å². The summed E-state index contributed by atoms with van der Waals surface area (Å²) in [6.45, 7) is 7.25. The predicted octanol–water partition coefficient (Wildman–Crippen LogP) is 2.47. The maximum atomic E-state index is 6.15. The van der Waals surface area contributed by atoms with Crippen LogP contribution in [0.1, 0.15) is 22.3 Å².